The second-order valence-corrected chi connectivity index (χ2v) is 5.94. The zero-order valence-electron chi connectivity index (χ0n) is 12.9. The van der Waals surface area contributed by atoms with Crippen molar-refractivity contribution in [3.8, 4) is 0 Å². The van der Waals surface area contributed by atoms with Gasteiger partial charge in [-0.1, -0.05) is 0 Å². The molecule has 0 atom stereocenters. The van der Waals surface area contributed by atoms with Crippen molar-refractivity contribution in [2.45, 2.75) is 18.9 Å². The largest absolute Gasteiger partial charge is 0.358 e. The molecule has 120 valence electrons. The third kappa shape index (κ3) is 4.94. The molecule has 2 heterocycles. The number of hydrogen-bond donors (Lipinski definition) is 2. The van der Waals surface area contributed by atoms with Gasteiger partial charge in [0.15, 0.2) is 0 Å². The van der Waals surface area contributed by atoms with Crippen LogP contribution in [0, 0.1) is 0 Å². The Hall–Kier alpha value is -1.18. The summed E-state index contributed by atoms with van der Waals surface area (Å²) in [6, 6.07) is 0.296. The first-order valence-electron chi connectivity index (χ1n) is 7.77. The minimum atomic E-state index is 0.0273. The second kappa shape index (κ2) is 7.72. The molecule has 3 N–H and O–H groups in total. The highest BCUT2D eigenvalue weighted by molar-refractivity contribution is 5.79. The molecule has 0 bridgehead atoms. The molecule has 0 radical (unpaired) electrons. The molecule has 0 aromatic heterocycles. The molecule has 0 spiro atoms. The molecule has 7 nitrogen and oxygen atoms in total. The minimum Gasteiger partial charge on any atom is -0.358 e. The highest BCUT2D eigenvalue weighted by atomic mass is 16.2. The van der Waals surface area contributed by atoms with E-state index in [1.165, 1.54) is 0 Å². The Morgan fingerprint density at radius 3 is 2.14 bits per heavy atom. The van der Waals surface area contributed by atoms with Crippen LogP contribution in [-0.4, -0.2) is 92.0 Å². The van der Waals surface area contributed by atoms with E-state index < -0.39 is 0 Å². The van der Waals surface area contributed by atoms with Gasteiger partial charge in [-0.2, -0.15) is 0 Å². The minimum absolute atomic E-state index is 0.0273. The Bertz CT molecular complexity index is 360. The Kier molecular flexibility index (Phi) is 5.96. The Balaban J connectivity index is 1.69. The number of hydrogen-bond acceptors (Lipinski definition) is 5. The molecular formula is C14H27N5O2. The summed E-state index contributed by atoms with van der Waals surface area (Å²) in [7, 11) is 1.65. The van der Waals surface area contributed by atoms with E-state index in [9.17, 15) is 9.59 Å². The van der Waals surface area contributed by atoms with Crippen LogP contribution in [0.25, 0.3) is 0 Å². The van der Waals surface area contributed by atoms with Crippen molar-refractivity contribution in [3.05, 3.63) is 0 Å². The smallest absolute Gasteiger partial charge is 0.236 e. The van der Waals surface area contributed by atoms with Crippen LogP contribution in [0.4, 0.5) is 0 Å². The summed E-state index contributed by atoms with van der Waals surface area (Å²) < 4.78 is 0. The van der Waals surface area contributed by atoms with E-state index in [1.807, 2.05) is 4.90 Å². The van der Waals surface area contributed by atoms with Gasteiger partial charge < -0.3 is 16.0 Å². The van der Waals surface area contributed by atoms with Gasteiger partial charge in [-0.15, -0.1) is 0 Å². The fourth-order valence-corrected chi connectivity index (χ4v) is 2.84. The number of carbonyl (C=O) groups excluding carboxylic acids is 2. The van der Waals surface area contributed by atoms with Crippen LogP contribution >= 0.6 is 0 Å². The van der Waals surface area contributed by atoms with Crippen molar-refractivity contribution in [2.24, 2.45) is 5.73 Å². The molecule has 2 aliphatic rings. The number of nitrogens with two attached hydrogens (primary N) is 1. The van der Waals surface area contributed by atoms with Gasteiger partial charge in [0.1, 0.15) is 0 Å². The van der Waals surface area contributed by atoms with Crippen LogP contribution in [0.3, 0.4) is 0 Å². The molecule has 2 fully saturated rings. The average Bonchev–Trinajstić information content (AvgIpc) is 2.50. The van der Waals surface area contributed by atoms with Crippen molar-refractivity contribution in [1.29, 1.82) is 0 Å². The predicted molar refractivity (Wildman–Crippen MR) is 80.7 cm³/mol. The van der Waals surface area contributed by atoms with E-state index in [1.54, 1.807) is 7.05 Å². The topological polar surface area (TPSA) is 81.9 Å². The molecule has 0 aliphatic carbocycles. The zero-order chi connectivity index (χ0) is 15.2. The van der Waals surface area contributed by atoms with Gasteiger partial charge >= 0.3 is 0 Å². The number of piperazine rings is 1. The van der Waals surface area contributed by atoms with E-state index in [-0.39, 0.29) is 11.8 Å². The van der Waals surface area contributed by atoms with Gasteiger partial charge in [-0.05, 0) is 12.8 Å². The van der Waals surface area contributed by atoms with Crippen molar-refractivity contribution in [1.82, 2.24) is 20.0 Å². The number of likely N-dealkylation sites (tertiary alicyclic amines) is 1. The molecular weight excluding hydrogens is 270 g/mol. The van der Waals surface area contributed by atoms with E-state index in [2.05, 4.69) is 15.1 Å². The third-order valence-electron chi connectivity index (χ3n) is 4.36. The molecule has 7 heteroatoms. The third-order valence-corrected chi connectivity index (χ3v) is 4.36. The molecule has 0 unspecified atom stereocenters. The highest BCUT2D eigenvalue weighted by Gasteiger charge is 2.25. The summed E-state index contributed by atoms with van der Waals surface area (Å²) >= 11 is 0. The fraction of sp³-hybridized carbons (Fsp3) is 0.857. The molecule has 2 amide bonds. The van der Waals surface area contributed by atoms with Gasteiger partial charge in [0.05, 0.1) is 13.1 Å². The van der Waals surface area contributed by atoms with Crippen LogP contribution in [0.2, 0.25) is 0 Å². The number of likely N-dealkylation sites (N-methyl/N-ethyl adjacent to an activating group) is 1. The van der Waals surface area contributed by atoms with E-state index in [4.69, 9.17) is 5.73 Å². The van der Waals surface area contributed by atoms with Gasteiger partial charge in [-0.3, -0.25) is 19.4 Å². The molecule has 0 aromatic carbocycles. The summed E-state index contributed by atoms with van der Waals surface area (Å²) in [5, 5.41) is 2.63. The first-order chi connectivity index (χ1) is 10.1. The maximum Gasteiger partial charge on any atom is 0.236 e. The van der Waals surface area contributed by atoms with Crippen LogP contribution in [0.15, 0.2) is 0 Å². The zero-order valence-corrected chi connectivity index (χ0v) is 12.9. The molecule has 2 aliphatic heterocycles. The quantitative estimate of drug-likeness (QED) is 0.646. The molecule has 0 aromatic rings. The van der Waals surface area contributed by atoms with Crippen molar-refractivity contribution >= 4 is 11.8 Å². The SMILES string of the molecule is CNC(=O)CN1CCN(C(=O)CN2CCC(N)CC2)CC1. The number of carbonyl (C=O) groups is 2. The maximum absolute atomic E-state index is 12.3. The Labute approximate surface area is 126 Å². The highest BCUT2D eigenvalue weighted by Crippen LogP contribution is 2.09. The molecule has 21 heavy (non-hydrogen) atoms. The average molecular weight is 297 g/mol. The van der Waals surface area contributed by atoms with Gasteiger partial charge in [-0.25, -0.2) is 0 Å². The van der Waals surface area contributed by atoms with E-state index in [0.717, 1.165) is 39.0 Å². The van der Waals surface area contributed by atoms with Gasteiger partial charge in [0.25, 0.3) is 0 Å². The molecule has 0 saturated carbocycles. The molecule has 2 rings (SSSR count). The fourth-order valence-electron chi connectivity index (χ4n) is 2.84. The van der Waals surface area contributed by atoms with Gasteiger partial charge in [0, 0.05) is 52.4 Å². The van der Waals surface area contributed by atoms with E-state index >= 15 is 0 Å². The van der Waals surface area contributed by atoms with Crippen LogP contribution in [0.5, 0.6) is 0 Å². The summed E-state index contributed by atoms with van der Waals surface area (Å²) in [6.07, 6.45) is 1.96. The Morgan fingerprint density at radius 1 is 1.00 bits per heavy atom. The first-order valence-corrected chi connectivity index (χ1v) is 7.77. The van der Waals surface area contributed by atoms with Gasteiger partial charge in [0.2, 0.25) is 11.8 Å². The maximum atomic E-state index is 12.3. The van der Waals surface area contributed by atoms with Crippen molar-refractivity contribution in [2.75, 3.05) is 59.4 Å². The monoisotopic (exact) mass is 297 g/mol. The summed E-state index contributed by atoms with van der Waals surface area (Å²) in [5.41, 5.74) is 5.88. The Morgan fingerprint density at radius 2 is 1.57 bits per heavy atom. The molecule has 2 saturated heterocycles. The predicted octanol–water partition coefficient (Wildman–Crippen LogP) is -1.70. The summed E-state index contributed by atoms with van der Waals surface area (Å²) in [4.78, 5) is 29.8. The standard InChI is InChI=1S/C14H27N5O2/c1-16-13(20)10-18-6-8-19(9-7-18)14(21)11-17-4-2-12(15)3-5-17/h12H,2-11,15H2,1H3,(H,16,20). The van der Waals surface area contributed by atoms with Crippen LogP contribution in [0.1, 0.15) is 12.8 Å². The lowest BCUT2D eigenvalue weighted by atomic mass is 10.1. The summed E-state index contributed by atoms with van der Waals surface area (Å²) in [6.45, 7) is 5.72. The number of piperidine rings is 1. The summed E-state index contributed by atoms with van der Waals surface area (Å²) in [5.74, 6) is 0.226. The number of rotatable bonds is 4. The second-order valence-electron chi connectivity index (χ2n) is 5.94. The van der Waals surface area contributed by atoms with Crippen LogP contribution in [-0.2, 0) is 9.59 Å². The number of nitrogens with zero attached hydrogens (tertiary/aromatic N) is 3. The van der Waals surface area contributed by atoms with E-state index in [0.29, 0.717) is 32.2 Å². The lowest BCUT2D eigenvalue weighted by Crippen LogP contribution is -2.53. The van der Waals surface area contributed by atoms with Crippen molar-refractivity contribution < 1.29 is 9.59 Å². The number of amides is 2. The normalized spacial score (nSPS) is 22.3. The van der Waals surface area contributed by atoms with Crippen LogP contribution < -0.4 is 11.1 Å². The number of nitrogens with one attached hydrogen (secondary N) is 1. The first kappa shape index (κ1) is 16.2. The lowest BCUT2D eigenvalue weighted by Gasteiger charge is -2.36. The van der Waals surface area contributed by atoms with Crippen molar-refractivity contribution in [3.63, 3.8) is 0 Å². The lowest BCUT2D eigenvalue weighted by molar-refractivity contribution is -0.134.